The van der Waals surface area contributed by atoms with E-state index >= 15 is 0 Å². The van der Waals surface area contributed by atoms with E-state index in [-0.39, 0.29) is 11.3 Å². The second-order valence-corrected chi connectivity index (χ2v) is 4.64. The van der Waals surface area contributed by atoms with Gasteiger partial charge in [-0.15, -0.1) is 0 Å². The van der Waals surface area contributed by atoms with E-state index in [0.717, 1.165) is 16.5 Å². The lowest BCUT2D eigenvalue weighted by atomic mass is 10.1. The maximum absolute atomic E-state index is 10.8. The highest BCUT2D eigenvalue weighted by Crippen LogP contribution is 2.30. The fourth-order valence-electron chi connectivity index (χ4n) is 2.22. The average Bonchev–Trinajstić information content (AvgIpc) is 2.95. The van der Waals surface area contributed by atoms with Gasteiger partial charge < -0.3 is 19.9 Å². The Balaban J connectivity index is 1.85. The number of anilines is 1. The molecule has 0 aliphatic rings. The lowest BCUT2D eigenvalue weighted by Gasteiger charge is -2.09. The third-order valence-electron chi connectivity index (χ3n) is 3.25. The molecular weight excluding hydrogens is 270 g/mol. The number of carbonyl (C=O) groups is 1. The number of furan rings is 1. The molecule has 2 aromatic carbocycles. The molecule has 0 aliphatic heterocycles. The molecule has 1 aromatic heterocycles. The number of hydrogen-bond acceptors (Lipinski definition) is 4. The van der Waals surface area contributed by atoms with Gasteiger partial charge in [-0.05, 0) is 18.2 Å². The molecule has 3 aromatic rings. The molecule has 0 unspecified atom stereocenters. The Kier molecular flexibility index (Phi) is 3.23. The fraction of sp³-hybridized carbons (Fsp3) is 0.0625. The number of phenolic OH excluding ortho intramolecular Hbond substituents is 1. The van der Waals surface area contributed by atoms with E-state index in [1.54, 1.807) is 12.1 Å². The molecule has 0 fully saturated rings. The van der Waals surface area contributed by atoms with Crippen LogP contribution in [0.5, 0.6) is 5.75 Å². The highest BCUT2D eigenvalue weighted by molar-refractivity contribution is 5.97. The molecule has 0 amide bonds. The van der Waals surface area contributed by atoms with E-state index in [9.17, 15) is 9.90 Å². The van der Waals surface area contributed by atoms with Crippen LogP contribution in [-0.2, 0) is 6.54 Å². The summed E-state index contributed by atoms with van der Waals surface area (Å²) in [5.41, 5.74) is 0.971. The molecule has 106 valence electrons. The Bertz CT molecular complexity index is 807. The van der Waals surface area contributed by atoms with Crippen LogP contribution < -0.4 is 5.32 Å². The first-order valence-electron chi connectivity index (χ1n) is 6.40. The number of nitrogens with one attached hydrogen (secondary N) is 1. The van der Waals surface area contributed by atoms with Gasteiger partial charge in [0.25, 0.3) is 0 Å². The zero-order chi connectivity index (χ0) is 14.8. The number of aromatic carboxylic acids is 1. The van der Waals surface area contributed by atoms with Gasteiger partial charge in [0.2, 0.25) is 0 Å². The van der Waals surface area contributed by atoms with E-state index in [1.807, 2.05) is 24.3 Å². The molecule has 3 N–H and O–H groups in total. The first-order chi connectivity index (χ1) is 10.1. The van der Waals surface area contributed by atoms with Gasteiger partial charge >= 0.3 is 5.97 Å². The zero-order valence-electron chi connectivity index (χ0n) is 11.0. The van der Waals surface area contributed by atoms with Gasteiger partial charge in [0, 0.05) is 16.5 Å². The van der Waals surface area contributed by atoms with E-state index in [1.165, 1.54) is 12.3 Å². The normalized spacial score (nSPS) is 10.7. The number of phenols is 1. The van der Waals surface area contributed by atoms with Gasteiger partial charge in [-0.2, -0.15) is 0 Å². The van der Waals surface area contributed by atoms with Crippen molar-refractivity contribution in [1.82, 2.24) is 0 Å². The second-order valence-electron chi connectivity index (χ2n) is 4.64. The Morgan fingerprint density at radius 2 is 1.90 bits per heavy atom. The van der Waals surface area contributed by atoms with Crippen molar-refractivity contribution < 1.29 is 19.4 Å². The SMILES string of the molecule is O=C(O)c1coc(CNc2cccc3c(O)cccc23)c1. The Morgan fingerprint density at radius 3 is 2.67 bits per heavy atom. The summed E-state index contributed by atoms with van der Waals surface area (Å²) in [7, 11) is 0. The molecule has 5 nitrogen and oxygen atoms in total. The number of fused-ring (bicyclic) bond motifs is 1. The van der Waals surface area contributed by atoms with Gasteiger partial charge in [0.05, 0.1) is 12.1 Å². The average molecular weight is 283 g/mol. The van der Waals surface area contributed by atoms with Crippen molar-refractivity contribution in [1.29, 1.82) is 0 Å². The molecule has 1 heterocycles. The van der Waals surface area contributed by atoms with Crippen LogP contribution in [0.2, 0.25) is 0 Å². The zero-order valence-corrected chi connectivity index (χ0v) is 11.0. The summed E-state index contributed by atoms with van der Waals surface area (Å²) in [5.74, 6) is -0.257. The third-order valence-corrected chi connectivity index (χ3v) is 3.25. The number of benzene rings is 2. The maximum Gasteiger partial charge on any atom is 0.338 e. The highest BCUT2D eigenvalue weighted by Gasteiger charge is 2.09. The van der Waals surface area contributed by atoms with E-state index < -0.39 is 5.97 Å². The van der Waals surface area contributed by atoms with Crippen molar-refractivity contribution in [3.63, 3.8) is 0 Å². The Hall–Kier alpha value is -2.95. The first kappa shape index (κ1) is 13.1. The van der Waals surface area contributed by atoms with Crippen molar-refractivity contribution in [3.05, 3.63) is 60.1 Å². The van der Waals surface area contributed by atoms with Crippen molar-refractivity contribution in [2.45, 2.75) is 6.54 Å². The fourth-order valence-corrected chi connectivity index (χ4v) is 2.22. The van der Waals surface area contributed by atoms with Gasteiger partial charge in [-0.25, -0.2) is 4.79 Å². The van der Waals surface area contributed by atoms with Gasteiger partial charge in [-0.1, -0.05) is 24.3 Å². The van der Waals surface area contributed by atoms with E-state index in [0.29, 0.717) is 12.3 Å². The molecule has 3 rings (SSSR count). The topological polar surface area (TPSA) is 82.7 Å². The standard InChI is InChI=1S/C16H13NO4/c18-15-6-2-3-12-13(15)4-1-5-14(12)17-8-11-7-10(9-21-11)16(19)20/h1-7,9,17-18H,8H2,(H,19,20). The van der Waals surface area contributed by atoms with Crippen molar-refractivity contribution in [2.24, 2.45) is 0 Å². The minimum atomic E-state index is -1.01. The van der Waals surface area contributed by atoms with E-state index in [4.69, 9.17) is 9.52 Å². The van der Waals surface area contributed by atoms with Gasteiger partial charge in [0.15, 0.2) is 0 Å². The minimum Gasteiger partial charge on any atom is -0.507 e. The summed E-state index contributed by atoms with van der Waals surface area (Å²) in [5, 5.41) is 23.5. The third kappa shape index (κ3) is 2.53. The number of carboxylic acid groups (broad SMARTS) is 1. The van der Waals surface area contributed by atoms with Crippen LogP contribution in [0.25, 0.3) is 10.8 Å². The van der Waals surface area contributed by atoms with Crippen LogP contribution in [0.3, 0.4) is 0 Å². The minimum absolute atomic E-state index is 0.127. The lowest BCUT2D eigenvalue weighted by Crippen LogP contribution is -1.99. The predicted molar refractivity (Wildman–Crippen MR) is 78.6 cm³/mol. The molecule has 5 heteroatoms. The summed E-state index contributed by atoms with van der Waals surface area (Å²) in [6.07, 6.45) is 1.22. The second kappa shape index (κ2) is 5.20. The van der Waals surface area contributed by atoms with Crippen molar-refractivity contribution in [3.8, 4) is 5.75 Å². The largest absolute Gasteiger partial charge is 0.507 e. The van der Waals surface area contributed by atoms with Gasteiger partial charge in [-0.3, -0.25) is 0 Å². The smallest absolute Gasteiger partial charge is 0.338 e. The lowest BCUT2D eigenvalue weighted by molar-refractivity contribution is 0.0696. The quantitative estimate of drug-likeness (QED) is 0.683. The molecule has 0 bridgehead atoms. The van der Waals surface area contributed by atoms with Crippen LogP contribution in [0.1, 0.15) is 16.1 Å². The molecule has 0 aliphatic carbocycles. The highest BCUT2D eigenvalue weighted by atomic mass is 16.4. The number of rotatable bonds is 4. The van der Waals surface area contributed by atoms with Crippen molar-refractivity contribution >= 4 is 22.4 Å². The van der Waals surface area contributed by atoms with E-state index in [2.05, 4.69) is 5.32 Å². The summed E-state index contributed by atoms with van der Waals surface area (Å²) in [4.78, 5) is 10.8. The number of aromatic hydroxyl groups is 1. The molecule has 0 atom stereocenters. The van der Waals surface area contributed by atoms with Crippen molar-refractivity contribution in [2.75, 3.05) is 5.32 Å². The van der Waals surface area contributed by atoms with Crippen LogP contribution >= 0.6 is 0 Å². The first-order valence-corrected chi connectivity index (χ1v) is 6.40. The molecule has 0 spiro atoms. The predicted octanol–water partition coefficient (Wildman–Crippen LogP) is 3.45. The monoisotopic (exact) mass is 283 g/mol. The summed E-state index contributed by atoms with van der Waals surface area (Å²) >= 11 is 0. The maximum atomic E-state index is 10.8. The van der Waals surface area contributed by atoms with Crippen LogP contribution in [0.4, 0.5) is 5.69 Å². The Labute approximate surface area is 120 Å². The molecule has 0 saturated heterocycles. The van der Waals surface area contributed by atoms with Gasteiger partial charge in [0.1, 0.15) is 17.8 Å². The Morgan fingerprint density at radius 1 is 1.14 bits per heavy atom. The van der Waals surface area contributed by atoms with Crippen LogP contribution in [0, 0.1) is 0 Å². The molecule has 0 radical (unpaired) electrons. The summed E-state index contributed by atoms with van der Waals surface area (Å²) in [6.45, 7) is 0.363. The molecular formula is C16H13NO4. The molecule has 21 heavy (non-hydrogen) atoms. The van der Waals surface area contributed by atoms with Crippen LogP contribution in [0.15, 0.2) is 53.1 Å². The van der Waals surface area contributed by atoms with Crippen LogP contribution in [-0.4, -0.2) is 16.2 Å². The molecule has 0 saturated carbocycles. The number of hydrogen-bond donors (Lipinski definition) is 3. The number of carboxylic acids is 1. The summed E-state index contributed by atoms with van der Waals surface area (Å²) < 4.78 is 5.19. The summed E-state index contributed by atoms with van der Waals surface area (Å²) in [6, 6.07) is 12.4.